The average molecular weight is 318 g/mol. The minimum atomic E-state index is -0.106. The first kappa shape index (κ1) is 17.3. The van der Waals surface area contributed by atoms with Crippen molar-refractivity contribution in [3.05, 3.63) is 29.3 Å². The van der Waals surface area contributed by atoms with Gasteiger partial charge in [0.05, 0.1) is 0 Å². The third-order valence-corrected chi connectivity index (χ3v) is 4.20. The van der Waals surface area contributed by atoms with Crippen LogP contribution < -0.4 is 10.1 Å². The largest absolute Gasteiger partial charge is 0.484 e. The summed E-state index contributed by atoms with van der Waals surface area (Å²) in [5.74, 6) is 0.826. The lowest BCUT2D eigenvalue weighted by molar-refractivity contribution is -0.132. The standard InChI is InChI=1S/C18H26N2O3/c1-4-18(22)20-9-7-15(8-10-20)19-17(21)12-23-16-6-5-13(2)11-14(16)3/h5-6,11,15H,4,7-10,12H2,1-3H3,(H,19,21). The van der Waals surface area contributed by atoms with Gasteiger partial charge < -0.3 is 15.0 Å². The van der Waals surface area contributed by atoms with Crippen molar-refractivity contribution in [1.82, 2.24) is 10.2 Å². The van der Waals surface area contributed by atoms with Gasteiger partial charge in [-0.05, 0) is 38.3 Å². The number of hydrogen-bond acceptors (Lipinski definition) is 3. The Morgan fingerprint density at radius 2 is 1.96 bits per heavy atom. The summed E-state index contributed by atoms with van der Waals surface area (Å²) in [5, 5.41) is 3.00. The van der Waals surface area contributed by atoms with E-state index >= 15 is 0 Å². The van der Waals surface area contributed by atoms with Crippen LogP contribution in [-0.2, 0) is 9.59 Å². The highest BCUT2D eigenvalue weighted by atomic mass is 16.5. The molecule has 0 atom stereocenters. The molecule has 5 heteroatoms. The highest BCUT2D eigenvalue weighted by Gasteiger charge is 2.22. The second kappa shape index (κ2) is 7.99. The van der Waals surface area contributed by atoms with Crippen molar-refractivity contribution in [1.29, 1.82) is 0 Å². The normalized spacial score (nSPS) is 15.3. The third-order valence-electron chi connectivity index (χ3n) is 4.20. The summed E-state index contributed by atoms with van der Waals surface area (Å²) >= 11 is 0. The minimum absolute atomic E-state index is 0.0258. The number of carbonyl (C=O) groups is 2. The monoisotopic (exact) mass is 318 g/mol. The van der Waals surface area contributed by atoms with Crippen LogP contribution in [0.2, 0.25) is 0 Å². The molecule has 0 aromatic heterocycles. The molecule has 1 fully saturated rings. The summed E-state index contributed by atoms with van der Waals surface area (Å²) in [4.78, 5) is 25.5. The number of amides is 2. The lowest BCUT2D eigenvalue weighted by Gasteiger charge is -2.32. The summed E-state index contributed by atoms with van der Waals surface area (Å²) in [6.45, 7) is 7.34. The lowest BCUT2D eigenvalue weighted by Crippen LogP contribution is -2.47. The maximum absolute atomic E-state index is 12.0. The van der Waals surface area contributed by atoms with Gasteiger partial charge in [0.15, 0.2) is 6.61 Å². The number of nitrogens with zero attached hydrogens (tertiary/aromatic N) is 1. The number of aryl methyl sites for hydroxylation is 2. The summed E-state index contributed by atoms with van der Waals surface area (Å²) < 4.78 is 5.60. The number of likely N-dealkylation sites (tertiary alicyclic amines) is 1. The van der Waals surface area contributed by atoms with Gasteiger partial charge in [0, 0.05) is 25.6 Å². The number of rotatable bonds is 5. The quantitative estimate of drug-likeness (QED) is 0.905. The van der Waals surface area contributed by atoms with E-state index in [2.05, 4.69) is 5.32 Å². The van der Waals surface area contributed by atoms with Gasteiger partial charge in [-0.2, -0.15) is 0 Å². The maximum Gasteiger partial charge on any atom is 0.258 e. The molecule has 1 aromatic carbocycles. The zero-order chi connectivity index (χ0) is 16.8. The number of carbonyl (C=O) groups excluding carboxylic acids is 2. The van der Waals surface area contributed by atoms with Crippen LogP contribution in [-0.4, -0.2) is 42.5 Å². The molecule has 5 nitrogen and oxygen atoms in total. The van der Waals surface area contributed by atoms with Crippen molar-refractivity contribution >= 4 is 11.8 Å². The summed E-state index contributed by atoms with van der Waals surface area (Å²) in [6, 6.07) is 6.03. The molecule has 23 heavy (non-hydrogen) atoms. The Labute approximate surface area is 138 Å². The third kappa shape index (κ3) is 4.98. The van der Waals surface area contributed by atoms with Crippen molar-refractivity contribution in [2.75, 3.05) is 19.7 Å². The highest BCUT2D eigenvalue weighted by molar-refractivity contribution is 5.78. The second-order valence-electron chi connectivity index (χ2n) is 6.13. The Bertz CT molecular complexity index is 563. The van der Waals surface area contributed by atoms with E-state index in [0.29, 0.717) is 6.42 Å². The van der Waals surface area contributed by atoms with Crippen molar-refractivity contribution < 1.29 is 14.3 Å². The summed E-state index contributed by atoms with van der Waals surface area (Å²) in [5.41, 5.74) is 2.21. The molecule has 1 heterocycles. The van der Waals surface area contributed by atoms with E-state index in [1.54, 1.807) is 0 Å². The topological polar surface area (TPSA) is 58.6 Å². The molecule has 1 aliphatic heterocycles. The molecule has 0 aliphatic carbocycles. The van der Waals surface area contributed by atoms with Crippen LogP contribution in [0, 0.1) is 13.8 Å². The van der Waals surface area contributed by atoms with Gasteiger partial charge in [-0.15, -0.1) is 0 Å². The number of ether oxygens (including phenoxy) is 1. The molecule has 2 amide bonds. The fraction of sp³-hybridized carbons (Fsp3) is 0.556. The van der Waals surface area contributed by atoms with Gasteiger partial charge in [-0.3, -0.25) is 9.59 Å². The predicted octanol–water partition coefficient (Wildman–Crippen LogP) is 2.20. The molecule has 126 valence electrons. The Balaban J connectivity index is 1.74. The van der Waals surface area contributed by atoms with Crippen LogP contribution >= 0.6 is 0 Å². The molecule has 1 aliphatic rings. The van der Waals surface area contributed by atoms with Gasteiger partial charge in [-0.25, -0.2) is 0 Å². The van der Waals surface area contributed by atoms with Crippen LogP contribution in [0.4, 0.5) is 0 Å². The molecular weight excluding hydrogens is 292 g/mol. The maximum atomic E-state index is 12.0. The fourth-order valence-electron chi connectivity index (χ4n) is 2.87. The Kier molecular flexibility index (Phi) is 6.02. The van der Waals surface area contributed by atoms with E-state index in [1.165, 1.54) is 5.56 Å². The van der Waals surface area contributed by atoms with Gasteiger partial charge >= 0.3 is 0 Å². The van der Waals surface area contributed by atoms with E-state index in [1.807, 2.05) is 43.9 Å². The molecule has 1 N–H and O–H groups in total. The molecule has 2 rings (SSSR count). The Morgan fingerprint density at radius 1 is 1.26 bits per heavy atom. The van der Waals surface area contributed by atoms with Crippen molar-refractivity contribution in [2.45, 2.75) is 46.1 Å². The van der Waals surface area contributed by atoms with Gasteiger partial charge in [0.1, 0.15) is 5.75 Å². The zero-order valence-electron chi connectivity index (χ0n) is 14.2. The first-order valence-corrected chi connectivity index (χ1v) is 8.26. The van der Waals surface area contributed by atoms with Crippen LogP contribution in [0.1, 0.15) is 37.3 Å². The molecule has 0 bridgehead atoms. The average Bonchev–Trinajstić information content (AvgIpc) is 2.54. The van der Waals surface area contributed by atoms with Crippen LogP contribution in [0.25, 0.3) is 0 Å². The van der Waals surface area contributed by atoms with Crippen molar-refractivity contribution in [2.24, 2.45) is 0 Å². The van der Waals surface area contributed by atoms with Crippen LogP contribution in [0.5, 0.6) is 5.75 Å². The zero-order valence-corrected chi connectivity index (χ0v) is 14.2. The van der Waals surface area contributed by atoms with E-state index < -0.39 is 0 Å². The van der Waals surface area contributed by atoms with Crippen molar-refractivity contribution in [3.8, 4) is 5.75 Å². The molecular formula is C18H26N2O3. The molecule has 0 spiro atoms. The Hall–Kier alpha value is -2.04. The van der Waals surface area contributed by atoms with Gasteiger partial charge in [-0.1, -0.05) is 24.6 Å². The van der Waals surface area contributed by atoms with Gasteiger partial charge in [0.25, 0.3) is 5.91 Å². The lowest BCUT2D eigenvalue weighted by atomic mass is 10.0. The molecule has 1 aromatic rings. The number of benzene rings is 1. The predicted molar refractivity (Wildman–Crippen MR) is 89.4 cm³/mol. The first-order valence-electron chi connectivity index (χ1n) is 8.26. The summed E-state index contributed by atoms with van der Waals surface area (Å²) in [6.07, 6.45) is 2.16. The highest BCUT2D eigenvalue weighted by Crippen LogP contribution is 2.18. The minimum Gasteiger partial charge on any atom is -0.484 e. The van der Waals surface area contributed by atoms with Crippen LogP contribution in [0.15, 0.2) is 18.2 Å². The molecule has 1 saturated heterocycles. The molecule has 0 unspecified atom stereocenters. The fourth-order valence-corrected chi connectivity index (χ4v) is 2.87. The second-order valence-corrected chi connectivity index (χ2v) is 6.13. The van der Waals surface area contributed by atoms with E-state index in [0.717, 1.165) is 37.2 Å². The number of piperidine rings is 1. The van der Waals surface area contributed by atoms with Crippen molar-refractivity contribution in [3.63, 3.8) is 0 Å². The van der Waals surface area contributed by atoms with E-state index in [4.69, 9.17) is 4.74 Å². The number of hydrogen-bond donors (Lipinski definition) is 1. The number of nitrogens with one attached hydrogen (secondary N) is 1. The molecule has 0 radical (unpaired) electrons. The Morgan fingerprint density at radius 3 is 2.57 bits per heavy atom. The SMILES string of the molecule is CCC(=O)N1CCC(NC(=O)COc2ccc(C)cc2C)CC1. The van der Waals surface area contributed by atoms with Gasteiger partial charge in [0.2, 0.25) is 5.91 Å². The first-order chi connectivity index (χ1) is 11.0. The smallest absolute Gasteiger partial charge is 0.258 e. The summed E-state index contributed by atoms with van der Waals surface area (Å²) in [7, 11) is 0. The van der Waals surface area contributed by atoms with Crippen LogP contribution in [0.3, 0.4) is 0 Å². The van der Waals surface area contributed by atoms with E-state index in [9.17, 15) is 9.59 Å². The molecule has 0 saturated carbocycles. The van der Waals surface area contributed by atoms with E-state index in [-0.39, 0.29) is 24.5 Å².